The Balaban J connectivity index is 2.71. The van der Waals surface area contributed by atoms with Crippen LogP contribution in [-0.2, 0) is 16.0 Å². The van der Waals surface area contributed by atoms with Gasteiger partial charge >= 0.3 is 5.97 Å². The molecule has 2 N–H and O–H groups in total. The number of carbonyl (C=O) groups is 2. The van der Waals surface area contributed by atoms with Gasteiger partial charge in [0, 0.05) is 13.3 Å². The zero-order valence-electron chi connectivity index (χ0n) is 8.61. The molecule has 5 nitrogen and oxygen atoms in total. The number of amides is 1. The van der Waals surface area contributed by atoms with E-state index in [9.17, 15) is 9.59 Å². The molecule has 1 aromatic heterocycles. The maximum Gasteiger partial charge on any atom is 0.326 e. The minimum Gasteiger partial charge on any atom is -0.480 e. The number of rotatable bonds is 4. The van der Waals surface area contributed by atoms with Crippen LogP contribution in [-0.4, -0.2) is 23.0 Å². The summed E-state index contributed by atoms with van der Waals surface area (Å²) in [6.45, 7) is 3.11. The third kappa shape index (κ3) is 3.12. The van der Waals surface area contributed by atoms with E-state index in [1.807, 2.05) is 6.92 Å². The van der Waals surface area contributed by atoms with Crippen molar-refractivity contribution in [1.82, 2.24) is 5.32 Å². The molecule has 0 aliphatic heterocycles. The van der Waals surface area contributed by atoms with Gasteiger partial charge in [0.2, 0.25) is 5.91 Å². The monoisotopic (exact) mass is 211 g/mol. The smallest absolute Gasteiger partial charge is 0.326 e. The third-order valence-corrected chi connectivity index (χ3v) is 2.03. The van der Waals surface area contributed by atoms with Crippen LogP contribution in [0.2, 0.25) is 0 Å². The first-order valence-electron chi connectivity index (χ1n) is 4.53. The molecule has 0 bridgehead atoms. The molecule has 0 fully saturated rings. The second-order valence-electron chi connectivity index (χ2n) is 3.32. The fourth-order valence-electron chi connectivity index (χ4n) is 1.24. The highest BCUT2D eigenvalue weighted by molar-refractivity contribution is 5.82. The molecule has 0 aromatic carbocycles. The number of carbonyl (C=O) groups excluding carboxylic acids is 1. The molecule has 0 spiro atoms. The zero-order chi connectivity index (χ0) is 11.4. The molecule has 1 aromatic rings. The Morgan fingerprint density at radius 1 is 1.60 bits per heavy atom. The lowest BCUT2D eigenvalue weighted by atomic mass is 10.1. The van der Waals surface area contributed by atoms with Crippen LogP contribution in [0.3, 0.4) is 0 Å². The van der Waals surface area contributed by atoms with E-state index in [1.165, 1.54) is 13.2 Å². The van der Waals surface area contributed by atoms with Crippen molar-refractivity contribution in [3.63, 3.8) is 0 Å². The van der Waals surface area contributed by atoms with Gasteiger partial charge in [-0.3, -0.25) is 4.79 Å². The molecule has 1 amide bonds. The second kappa shape index (κ2) is 4.63. The van der Waals surface area contributed by atoms with Crippen LogP contribution in [0, 0.1) is 6.92 Å². The molecule has 0 saturated heterocycles. The van der Waals surface area contributed by atoms with Crippen LogP contribution < -0.4 is 5.32 Å². The fourth-order valence-corrected chi connectivity index (χ4v) is 1.24. The van der Waals surface area contributed by atoms with E-state index in [-0.39, 0.29) is 12.3 Å². The van der Waals surface area contributed by atoms with Crippen molar-refractivity contribution >= 4 is 11.9 Å². The van der Waals surface area contributed by atoms with Crippen molar-refractivity contribution in [3.05, 3.63) is 23.7 Å². The van der Waals surface area contributed by atoms with Crippen LogP contribution >= 0.6 is 0 Å². The quantitative estimate of drug-likeness (QED) is 0.769. The minimum atomic E-state index is -1.07. The molecule has 82 valence electrons. The van der Waals surface area contributed by atoms with Crippen molar-refractivity contribution in [2.24, 2.45) is 0 Å². The summed E-state index contributed by atoms with van der Waals surface area (Å²) in [5.74, 6) is -0.858. The lowest BCUT2D eigenvalue weighted by molar-refractivity contribution is -0.141. The molecule has 1 unspecified atom stereocenters. The van der Waals surface area contributed by atoms with Crippen LogP contribution in [0.1, 0.15) is 18.2 Å². The Kier molecular flexibility index (Phi) is 3.49. The summed E-state index contributed by atoms with van der Waals surface area (Å²) in [5, 5.41) is 11.2. The Morgan fingerprint density at radius 2 is 2.27 bits per heavy atom. The van der Waals surface area contributed by atoms with Gasteiger partial charge in [-0.1, -0.05) is 0 Å². The summed E-state index contributed by atoms with van der Waals surface area (Å²) in [5.41, 5.74) is 0.881. The molecule has 1 atom stereocenters. The number of carboxylic acid groups (broad SMARTS) is 1. The summed E-state index contributed by atoms with van der Waals surface area (Å²) in [7, 11) is 0. The topological polar surface area (TPSA) is 79.5 Å². The van der Waals surface area contributed by atoms with E-state index < -0.39 is 12.0 Å². The Hall–Kier alpha value is -1.78. The van der Waals surface area contributed by atoms with Crippen molar-refractivity contribution in [1.29, 1.82) is 0 Å². The first-order valence-corrected chi connectivity index (χ1v) is 4.53. The standard InChI is InChI=1S/C10H13NO4/c1-6-3-4-15-9(6)5-8(10(13)14)11-7(2)12/h3-4,8H,5H2,1-2H3,(H,11,12)(H,13,14). The number of aryl methyl sites for hydroxylation is 1. The van der Waals surface area contributed by atoms with Gasteiger partial charge in [-0.2, -0.15) is 0 Å². The lowest BCUT2D eigenvalue weighted by Crippen LogP contribution is -2.41. The molecule has 5 heteroatoms. The first kappa shape index (κ1) is 11.3. The van der Waals surface area contributed by atoms with Gasteiger partial charge in [0.15, 0.2) is 0 Å². The fraction of sp³-hybridized carbons (Fsp3) is 0.400. The zero-order valence-corrected chi connectivity index (χ0v) is 8.61. The van der Waals surface area contributed by atoms with Crippen molar-refractivity contribution in [2.45, 2.75) is 26.3 Å². The Morgan fingerprint density at radius 3 is 2.67 bits per heavy atom. The minimum absolute atomic E-state index is 0.160. The summed E-state index contributed by atoms with van der Waals surface area (Å²) in [6, 6.07) is 0.814. The number of aliphatic carboxylic acids is 1. The molecule has 0 aliphatic rings. The number of nitrogens with one attached hydrogen (secondary N) is 1. The molecule has 0 radical (unpaired) electrons. The van der Waals surface area contributed by atoms with Crippen LogP contribution in [0.4, 0.5) is 0 Å². The van der Waals surface area contributed by atoms with Crippen molar-refractivity contribution in [3.8, 4) is 0 Å². The van der Waals surface area contributed by atoms with Gasteiger partial charge in [0.05, 0.1) is 6.26 Å². The predicted molar refractivity (Wildman–Crippen MR) is 52.4 cm³/mol. The highest BCUT2D eigenvalue weighted by atomic mass is 16.4. The molecule has 0 aliphatic carbocycles. The van der Waals surface area contributed by atoms with Gasteiger partial charge < -0.3 is 14.8 Å². The molecular formula is C10H13NO4. The van der Waals surface area contributed by atoms with Crippen molar-refractivity contribution < 1.29 is 19.1 Å². The van der Waals surface area contributed by atoms with Gasteiger partial charge in [0.25, 0.3) is 0 Å². The number of hydrogen-bond acceptors (Lipinski definition) is 3. The van der Waals surface area contributed by atoms with E-state index in [4.69, 9.17) is 9.52 Å². The summed E-state index contributed by atoms with van der Waals surface area (Å²) in [6.07, 6.45) is 1.66. The van der Waals surface area contributed by atoms with Gasteiger partial charge in [-0.05, 0) is 18.6 Å². The number of furan rings is 1. The molecule has 15 heavy (non-hydrogen) atoms. The van der Waals surface area contributed by atoms with Gasteiger partial charge in [0.1, 0.15) is 11.8 Å². The lowest BCUT2D eigenvalue weighted by Gasteiger charge is -2.11. The maximum atomic E-state index is 10.8. The highest BCUT2D eigenvalue weighted by Crippen LogP contribution is 2.11. The van der Waals surface area contributed by atoms with Gasteiger partial charge in [-0.25, -0.2) is 4.79 Å². The molecular weight excluding hydrogens is 198 g/mol. The summed E-state index contributed by atoms with van der Waals surface area (Å²) >= 11 is 0. The summed E-state index contributed by atoms with van der Waals surface area (Å²) < 4.78 is 5.11. The normalized spacial score (nSPS) is 12.1. The van der Waals surface area contributed by atoms with Crippen molar-refractivity contribution in [2.75, 3.05) is 0 Å². The van der Waals surface area contributed by atoms with Crippen LogP contribution in [0.25, 0.3) is 0 Å². The first-order chi connectivity index (χ1) is 7.00. The van der Waals surface area contributed by atoms with E-state index in [1.54, 1.807) is 6.07 Å². The average molecular weight is 211 g/mol. The SMILES string of the molecule is CC(=O)NC(Cc1occc1C)C(=O)O. The van der Waals surface area contributed by atoms with Gasteiger partial charge in [-0.15, -0.1) is 0 Å². The molecule has 1 rings (SSSR count). The van der Waals surface area contributed by atoms with Crippen LogP contribution in [0.5, 0.6) is 0 Å². The third-order valence-electron chi connectivity index (χ3n) is 2.03. The largest absolute Gasteiger partial charge is 0.480 e. The predicted octanol–water partition coefficient (Wildman–Crippen LogP) is 0.720. The maximum absolute atomic E-state index is 10.8. The molecule has 0 saturated carbocycles. The summed E-state index contributed by atoms with van der Waals surface area (Å²) in [4.78, 5) is 21.6. The van der Waals surface area contributed by atoms with E-state index in [0.717, 1.165) is 5.56 Å². The average Bonchev–Trinajstić information content (AvgIpc) is 2.50. The van der Waals surface area contributed by atoms with E-state index in [0.29, 0.717) is 5.76 Å². The number of carboxylic acids is 1. The molecule has 1 heterocycles. The Labute approximate surface area is 87.1 Å². The van der Waals surface area contributed by atoms with E-state index in [2.05, 4.69) is 5.32 Å². The Bertz CT molecular complexity index is 369. The number of hydrogen-bond donors (Lipinski definition) is 2. The second-order valence-corrected chi connectivity index (χ2v) is 3.32. The highest BCUT2D eigenvalue weighted by Gasteiger charge is 2.20. The van der Waals surface area contributed by atoms with E-state index >= 15 is 0 Å². The van der Waals surface area contributed by atoms with Crippen LogP contribution in [0.15, 0.2) is 16.7 Å².